The standard InChI is InChI=1S/C19H29BO2SSi/c1-14-15(9-10-24(6,7)8)11-17(12-16(14)13-23)20-21-18(2,3)19(4,5)22-20/h11-12,23H,13H2,1-8H3. The van der Waals surface area contributed by atoms with Crippen molar-refractivity contribution in [1.82, 2.24) is 0 Å². The molecule has 130 valence electrons. The Morgan fingerprint density at radius 2 is 1.62 bits per heavy atom. The molecule has 1 fully saturated rings. The van der Waals surface area contributed by atoms with Gasteiger partial charge in [-0.25, -0.2) is 0 Å². The van der Waals surface area contributed by atoms with Crippen LogP contribution in [0.5, 0.6) is 0 Å². The molecule has 0 spiro atoms. The van der Waals surface area contributed by atoms with Gasteiger partial charge in [0.2, 0.25) is 0 Å². The fourth-order valence-electron chi connectivity index (χ4n) is 2.46. The summed E-state index contributed by atoms with van der Waals surface area (Å²) in [4.78, 5) is 0. The highest BCUT2D eigenvalue weighted by molar-refractivity contribution is 7.79. The minimum absolute atomic E-state index is 0.339. The zero-order valence-electron chi connectivity index (χ0n) is 16.2. The fraction of sp³-hybridized carbons (Fsp3) is 0.579. The van der Waals surface area contributed by atoms with Crippen molar-refractivity contribution in [1.29, 1.82) is 0 Å². The third kappa shape index (κ3) is 4.11. The van der Waals surface area contributed by atoms with Gasteiger partial charge in [-0.2, -0.15) is 12.6 Å². The Kier molecular flexibility index (Phi) is 5.38. The first-order valence-corrected chi connectivity index (χ1v) is 12.6. The van der Waals surface area contributed by atoms with Crippen molar-refractivity contribution in [2.24, 2.45) is 0 Å². The summed E-state index contributed by atoms with van der Waals surface area (Å²) in [6.45, 7) is 17.2. The highest BCUT2D eigenvalue weighted by Crippen LogP contribution is 2.36. The molecule has 0 aliphatic carbocycles. The zero-order chi connectivity index (χ0) is 18.3. The topological polar surface area (TPSA) is 18.5 Å². The maximum atomic E-state index is 6.20. The molecular formula is C19H29BO2SSi. The molecule has 1 aromatic carbocycles. The highest BCUT2D eigenvalue weighted by Gasteiger charge is 2.51. The van der Waals surface area contributed by atoms with Gasteiger partial charge in [-0.1, -0.05) is 31.6 Å². The molecule has 2 nitrogen and oxygen atoms in total. The van der Waals surface area contributed by atoms with Crippen molar-refractivity contribution in [2.45, 2.75) is 71.2 Å². The van der Waals surface area contributed by atoms with Crippen molar-refractivity contribution >= 4 is 33.3 Å². The number of rotatable bonds is 2. The highest BCUT2D eigenvalue weighted by atomic mass is 32.1. The van der Waals surface area contributed by atoms with Crippen LogP contribution in [-0.4, -0.2) is 26.4 Å². The van der Waals surface area contributed by atoms with Crippen molar-refractivity contribution in [3.8, 4) is 11.5 Å². The lowest BCUT2D eigenvalue weighted by atomic mass is 9.76. The Morgan fingerprint density at radius 1 is 1.08 bits per heavy atom. The number of benzene rings is 1. The van der Waals surface area contributed by atoms with E-state index in [-0.39, 0.29) is 18.3 Å². The normalized spacial score (nSPS) is 19.1. The van der Waals surface area contributed by atoms with Gasteiger partial charge in [0, 0.05) is 11.3 Å². The molecule has 1 saturated heterocycles. The lowest BCUT2D eigenvalue weighted by Crippen LogP contribution is -2.41. The summed E-state index contributed by atoms with van der Waals surface area (Å²) < 4.78 is 12.4. The lowest BCUT2D eigenvalue weighted by molar-refractivity contribution is 0.00578. The van der Waals surface area contributed by atoms with Crippen LogP contribution >= 0.6 is 12.6 Å². The van der Waals surface area contributed by atoms with Gasteiger partial charge < -0.3 is 9.31 Å². The molecule has 0 amide bonds. The Morgan fingerprint density at radius 3 is 2.08 bits per heavy atom. The number of thiol groups is 1. The molecule has 1 aliphatic heterocycles. The van der Waals surface area contributed by atoms with E-state index >= 15 is 0 Å². The smallest absolute Gasteiger partial charge is 0.399 e. The maximum Gasteiger partial charge on any atom is 0.494 e. The quantitative estimate of drug-likeness (QED) is 0.489. The fourth-order valence-corrected chi connectivity index (χ4v) is 3.30. The third-order valence-electron chi connectivity index (χ3n) is 4.81. The van der Waals surface area contributed by atoms with Crippen LogP contribution in [-0.2, 0) is 15.1 Å². The maximum absolute atomic E-state index is 6.20. The van der Waals surface area contributed by atoms with Gasteiger partial charge in [-0.15, -0.1) is 5.54 Å². The Hall–Kier alpha value is -0.668. The molecule has 0 N–H and O–H groups in total. The molecule has 5 heteroatoms. The minimum Gasteiger partial charge on any atom is -0.399 e. The van der Waals surface area contributed by atoms with Gasteiger partial charge in [0.15, 0.2) is 0 Å². The van der Waals surface area contributed by atoms with Crippen molar-refractivity contribution in [3.63, 3.8) is 0 Å². The van der Waals surface area contributed by atoms with E-state index in [1.54, 1.807) is 0 Å². The van der Waals surface area contributed by atoms with Crippen molar-refractivity contribution < 1.29 is 9.31 Å². The molecule has 1 aromatic rings. The van der Waals surface area contributed by atoms with Gasteiger partial charge in [-0.3, -0.25) is 0 Å². The Balaban J connectivity index is 2.47. The van der Waals surface area contributed by atoms with E-state index in [0.29, 0.717) is 5.75 Å². The monoisotopic (exact) mass is 360 g/mol. The first-order chi connectivity index (χ1) is 10.9. The van der Waals surface area contributed by atoms with Crippen LogP contribution in [0.3, 0.4) is 0 Å². The Bertz CT molecular complexity index is 680. The Labute approximate surface area is 154 Å². The van der Waals surface area contributed by atoms with Crippen molar-refractivity contribution in [3.05, 3.63) is 28.8 Å². The predicted molar refractivity (Wildman–Crippen MR) is 110 cm³/mol. The summed E-state index contributed by atoms with van der Waals surface area (Å²) in [5.74, 6) is 4.08. The average molecular weight is 360 g/mol. The van der Waals surface area contributed by atoms with Crippen LogP contribution in [0.15, 0.2) is 12.1 Å². The number of hydrogen-bond donors (Lipinski definition) is 1. The SMILES string of the molecule is Cc1c(C#C[Si](C)(C)C)cc(B2OC(C)(C)C(C)(C)O2)cc1CS. The van der Waals surface area contributed by atoms with E-state index in [1.807, 2.05) is 0 Å². The first kappa shape index (κ1) is 19.7. The summed E-state index contributed by atoms with van der Waals surface area (Å²) in [7, 11) is -1.79. The molecule has 1 heterocycles. The minimum atomic E-state index is -1.43. The zero-order valence-corrected chi connectivity index (χ0v) is 18.1. The first-order valence-electron chi connectivity index (χ1n) is 8.49. The molecule has 2 rings (SSSR count). The second-order valence-electron chi connectivity index (χ2n) is 8.60. The molecule has 0 radical (unpaired) electrons. The van der Waals surface area contributed by atoms with Crippen LogP contribution in [0, 0.1) is 18.4 Å². The summed E-state index contributed by atoms with van der Waals surface area (Å²) in [5.41, 5.74) is 7.27. The summed E-state index contributed by atoms with van der Waals surface area (Å²) >= 11 is 4.49. The molecule has 0 bridgehead atoms. The van der Waals surface area contributed by atoms with Gasteiger partial charge in [-0.05, 0) is 57.3 Å². The molecule has 0 unspecified atom stereocenters. The van der Waals surface area contributed by atoms with Crippen LogP contribution in [0.4, 0.5) is 0 Å². The molecule has 1 aliphatic rings. The molecule has 0 atom stereocenters. The van der Waals surface area contributed by atoms with Crippen LogP contribution < -0.4 is 5.46 Å². The van der Waals surface area contributed by atoms with E-state index in [2.05, 4.69) is 90.5 Å². The van der Waals surface area contributed by atoms with Crippen LogP contribution in [0.1, 0.15) is 44.4 Å². The number of hydrogen-bond acceptors (Lipinski definition) is 3. The van der Waals surface area contributed by atoms with Gasteiger partial charge in [0.05, 0.1) is 11.2 Å². The van der Waals surface area contributed by atoms with E-state index < -0.39 is 8.07 Å². The van der Waals surface area contributed by atoms with Gasteiger partial charge in [0.25, 0.3) is 0 Å². The van der Waals surface area contributed by atoms with E-state index in [0.717, 1.165) is 11.0 Å². The largest absolute Gasteiger partial charge is 0.494 e. The van der Waals surface area contributed by atoms with Gasteiger partial charge >= 0.3 is 7.12 Å². The van der Waals surface area contributed by atoms with E-state index in [1.165, 1.54) is 11.1 Å². The summed E-state index contributed by atoms with van der Waals surface area (Å²) in [6, 6.07) is 4.27. The lowest BCUT2D eigenvalue weighted by Gasteiger charge is -2.32. The molecule has 0 aromatic heterocycles. The van der Waals surface area contributed by atoms with E-state index in [9.17, 15) is 0 Å². The predicted octanol–water partition coefficient (Wildman–Crippen LogP) is 3.95. The molecule has 24 heavy (non-hydrogen) atoms. The second-order valence-corrected chi connectivity index (χ2v) is 13.7. The van der Waals surface area contributed by atoms with Gasteiger partial charge in [0.1, 0.15) is 8.07 Å². The molecule has 0 saturated carbocycles. The molecular weight excluding hydrogens is 331 g/mol. The summed E-state index contributed by atoms with van der Waals surface area (Å²) in [5, 5.41) is 0. The third-order valence-corrected chi connectivity index (χ3v) is 6.02. The van der Waals surface area contributed by atoms with Crippen molar-refractivity contribution in [2.75, 3.05) is 0 Å². The summed E-state index contributed by atoms with van der Waals surface area (Å²) in [6.07, 6.45) is 0. The van der Waals surface area contributed by atoms with Crippen LogP contribution in [0.25, 0.3) is 0 Å². The van der Waals surface area contributed by atoms with E-state index in [4.69, 9.17) is 9.31 Å². The second kappa shape index (κ2) is 6.57. The van der Waals surface area contributed by atoms with Crippen LogP contribution in [0.2, 0.25) is 19.6 Å². The average Bonchev–Trinajstić information content (AvgIpc) is 2.65.